The summed E-state index contributed by atoms with van der Waals surface area (Å²) in [6, 6.07) is 13.5. The molecule has 72 heavy (non-hydrogen) atoms. The number of halogens is 2. The summed E-state index contributed by atoms with van der Waals surface area (Å²) >= 11 is 15.4. The van der Waals surface area contributed by atoms with Crippen LogP contribution in [0.25, 0.3) is 0 Å². The molecule has 6 N–H and O–H groups in total. The topological polar surface area (TPSA) is 209 Å². The Hall–Kier alpha value is -5.89. The molecule has 20 heteroatoms. The van der Waals surface area contributed by atoms with Crippen molar-refractivity contribution in [3.8, 4) is 0 Å². The first-order valence-corrected chi connectivity index (χ1v) is 26.4. The van der Waals surface area contributed by atoms with Crippen LogP contribution in [0.3, 0.4) is 0 Å². The summed E-state index contributed by atoms with van der Waals surface area (Å²) in [5, 5.41) is 43.6. The fourth-order valence-corrected chi connectivity index (χ4v) is 11.5. The number of benzene rings is 2. The minimum atomic E-state index is -0.741. The maximum atomic E-state index is 13.0. The molecule has 2 aromatic carbocycles. The lowest BCUT2D eigenvalue weighted by Gasteiger charge is -2.32. The minimum absolute atomic E-state index is 0.00882. The molecule has 380 valence electrons. The number of hydrogen-bond acceptors (Lipinski definition) is 13. The molecule has 0 saturated carbocycles. The van der Waals surface area contributed by atoms with Crippen molar-refractivity contribution >= 4 is 102 Å². The molecule has 2 amide bonds. The molecule has 16 nitrogen and oxygen atoms in total. The smallest absolute Gasteiger partial charge is 0.222 e. The number of likely N-dealkylation sites (N-methyl/N-ethyl adjacent to an activating group) is 1. The van der Waals surface area contributed by atoms with E-state index in [0.29, 0.717) is 35.3 Å². The first-order chi connectivity index (χ1) is 34.3. The fourth-order valence-electron chi connectivity index (χ4n) is 8.80. The number of carbonyl (C=O) groups excluding carboxylic acids is 2. The largest absolute Gasteiger partial charge is 0.356 e. The Kier molecular flexibility index (Phi) is 17.8. The highest BCUT2D eigenvalue weighted by molar-refractivity contribution is 7.17. The van der Waals surface area contributed by atoms with Gasteiger partial charge in [-0.3, -0.25) is 51.0 Å². The predicted octanol–water partition coefficient (Wildman–Crippen LogP) is 8.66. The summed E-state index contributed by atoms with van der Waals surface area (Å²) in [6.45, 7) is 17.8. The molecule has 0 bridgehead atoms. The van der Waals surface area contributed by atoms with Crippen molar-refractivity contribution in [1.82, 2.24) is 30.0 Å². The summed E-state index contributed by atoms with van der Waals surface area (Å²) < 4.78 is 1.87. The molecule has 0 radical (unpaired) electrons. The Morgan fingerprint density at radius 1 is 0.694 bits per heavy atom. The summed E-state index contributed by atoms with van der Waals surface area (Å²) in [6.07, 6.45) is 5.22. The first kappa shape index (κ1) is 53.9. The van der Waals surface area contributed by atoms with Crippen LogP contribution in [0.15, 0.2) is 71.0 Å². The molecule has 3 aliphatic heterocycles. The van der Waals surface area contributed by atoms with Crippen molar-refractivity contribution in [2.45, 2.75) is 79.3 Å². The third kappa shape index (κ3) is 12.6. The number of fused-ring (bicyclic) bond motifs is 2. The van der Waals surface area contributed by atoms with E-state index in [2.05, 4.69) is 32.5 Å². The van der Waals surface area contributed by atoms with E-state index in [0.717, 1.165) is 104 Å². The van der Waals surface area contributed by atoms with Crippen molar-refractivity contribution in [1.29, 1.82) is 21.6 Å². The van der Waals surface area contributed by atoms with Gasteiger partial charge in [0.05, 0.1) is 36.3 Å². The van der Waals surface area contributed by atoms with Gasteiger partial charge in [0.15, 0.2) is 0 Å². The quantitative estimate of drug-likeness (QED) is 0.0384. The fraction of sp³-hybridized carbons (Fsp3) is 0.404. The van der Waals surface area contributed by atoms with Gasteiger partial charge in [-0.2, -0.15) is 0 Å². The number of amides is 2. The van der Waals surface area contributed by atoms with Crippen molar-refractivity contribution in [2.75, 3.05) is 62.7 Å². The molecule has 1 saturated heterocycles. The highest BCUT2D eigenvalue weighted by atomic mass is 35.5. The number of imidazole rings is 1. The number of anilines is 2. The Balaban J connectivity index is 0.000000212. The van der Waals surface area contributed by atoms with Gasteiger partial charge in [0.25, 0.3) is 0 Å². The number of aliphatic imine (C=N–C) groups is 2. The Morgan fingerprint density at radius 3 is 1.56 bits per heavy atom. The number of nitrogens with zero attached hydrogens (tertiary/aromatic N) is 8. The zero-order valence-corrected chi connectivity index (χ0v) is 45.3. The lowest BCUT2D eigenvalue weighted by molar-refractivity contribution is -0.121. The summed E-state index contributed by atoms with van der Waals surface area (Å²) in [5.41, 5.74) is 8.00. The van der Waals surface area contributed by atoms with Gasteiger partial charge in [-0.15, -0.1) is 22.7 Å². The van der Waals surface area contributed by atoms with Gasteiger partial charge in [-0.05, 0) is 96.9 Å². The normalized spacial score (nSPS) is 17.2. The van der Waals surface area contributed by atoms with Gasteiger partial charge >= 0.3 is 0 Å². The molecule has 0 aliphatic carbocycles. The van der Waals surface area contributed by atoms with E-state index < -0.39 is 12.1 Å². The second kappa shape index (κ2) is 23.8. The van der Waals surface area contributed by atoms with Crippen LogP contribution in [0.4, 0.5) is 10.0 Å². The van der Waals surface area contributed by atoms with Crippen LogP contribution >= 0.6 is 45.9 Å². The SMILES string of the molecule is CC(=N)N1C(=N)C(CC(=O)NCCCN2CCN(C)CC2)N=C(c2ccc(Cl)cc2)c2c1sc(C)c2C.CC(=N)N1C(=N)C(CC(=O)NCCc2cn(C)cn2)N=C(c2ccc(Cl)cc2)c2c1sc(C)c2C. The highest BCUT2D eigenvalue weighted by Gasteiger charge is 2.36. The molecule has 2 atom stereocenters. The van der Waals surface area contributed by atoms with Crippen LogP contribution in [0.5, 0.6) is 0 Å². The molecule has 2 unspecified atom stereocenters. The van der Waals surface area contributed by atoms with Crippen LogP contribution in [0.1, 0.15) is 81.9 Å². The van der Waals surface area contributed by atoms with E-state index in [1.54, 1.807) is 41.3 Å². The molecular weight excluding hydrogens is 988 g/mol. The zero-order chi connectivity index (χ0) is 52.0. The van der Waals surface area contributed by atoms with Crippen LogP contribution in [-0.2, 0) is 23.1 Å². The average Bonchev–Trinajstić information content (AvgIpc) is 3.92. The van der Waals surface area contributed by atoms with E-state index >= 15 is 0 Å². The Labute approximate surface area is 440 Å². The van der Waals surface area contributed by atoms with E-state index in [1.165, 1.54) is 11.3 Å². The third-order valence-corrected chi connectivity index (χ3v) is 15.9. The third-order valence-electron chi connectivity index (χ3n) is 13.0. The zero-order valence-electron chi connectivity index (χ0n) is 42.2. The molecule has 0 spiro atoms. The number of rotatable bonds is 13. The number of hydrogen-bond donors (Lipinski definition) is 6. The molecule has 5 aromatic rings. The summed E-state index contributed by atoms with van der Waals surface area (Å²) in [4.78, 5) is 50.3. The summed E-state index contributed by atoms with van der Waals surface area (Å²) in [7, 11) is 4.05. The maximum Gasteiger partial charge on any atom is 0.222 e. The molecule has 8 rings (SSSR count). The van der Waals surface area contributed by atoms with Crippen LogP contribution in [0, 0.1) is 49.3 Å². The van der Waals surface area contributed by atoms with Gasteiger partial charge in [0.1, 0.15) is 45.4 Å². The van der Waals surface area contributed by atoms with Gasteiger partial charge in [-0.1, -0.05) is 47.5 Å². The Bertz CT molecular complexity index is 2910. The number of carbonyl (C=O) groups is 2. The van der Waals surface area contributed by atoms with Crippen LogP contribution in [0.2, 0.25) is 10.0 Å². The number of piperazine rings is 1. The van der Waals surface area contributed by atoms with E-state index in [9.17, 15) is 9.59 Å². The monoisotopic (exact) mass is 1050 g/mol. The van der Waals surface area contributed by atoms with Crippen LogP contribution in [-0.4, -0.2) is 131 Å². The molecule has 3 aromatic heterocycles. The number of thiophene rings is 2. The van der Waals surface area contributed by atoms with E-state index in [4.69, 9.17) is 54.8 Å². The second-order valence-corrected chi connectivity index (χ2v) is 21.7. The first-order valence-electron chi connectivity index (χ1n) is 24.0. The van der Waals surface area contributed by atoms with Gasteiger partial charge in [-0.25, -0.2) is 4.98 Å². The molecule has 1 fully saturated rings. The van der Waals surface area contributed by atoms with Crippen molar-refractivity contribution in [2.24, 2.45) is 17.0 Å². The minimum Gasteiger partial charge on any atom is -0.356 e. The van der Waals surface area contributed by atoms with Gasteiger partial charge in [0.2, 0.25) is 11.8 Å². The standard InChI is InChI=1S/C27H36ClN7OS.C25H28ClN7OS/c1-17-18(2)37-27-24(17)25(20-6-8-21(28)9-7-20)32-22(26(30)35(27)19(3)29)16-23(36)31-10-5-11-34-14-12-33(4)13-15-34;1-14-15(2)35-25-22(14)23(17-5-7-18(26)8-6-17)31-20(24(28)33(25)16(3)27)11-21(34)29-10-9-19-12-32(4)13-30-19/h6-9,22,29-30H,5,10-16H2,1-4H3,(H,31,36);5-8,12-13,20,27-28H,9-11H2,1-4H3,(H,29,34). The van der Waals surface area contributed by atoms with Gasteiger partial charge < -0.3 is 25.0 Å². The Morgan fingerprint density at radius 2 is 1.14 bits per heavy atom. The average molecular weight is 1050 g/mol. The number of aromatic nitrogens is 2. The summed E-state index contributed by atoms with van der Waals surface area (Å²) in [5.74, 6) is 0.377. The highest BCUT2D eigenvalue weighted by Crippen LogP contribution is 2.42. The second-order valence-electron chi connectivity index (χ2n) is 18.4. The van der Waals surface area contributed by atoms with Crippen molar-refractivity contribution < 1.29 is 9.59 Å². The lowest BCUT2D eigenvalue weighted by Crippen LogP contribution is -2.45. The van der Waals surface area contributed by atoms with Crippen molar-refractivity contribution in [3.05, 3.63) is 120 Å². The van der Waals surface area contributed by atoms with Crippen LogP contribution < -0.4 is 20.4 Å². The molecular formula is C52H64Cl2N14O2S2. The van der Waals surface area contributed by atoms with Gasteiger partial charge in [0, 0.05) is 101 Å². The number of nitrogens with one attached hydrogen (secondary N) is 6. The molecule has 6 heterocycles. The number of amidine groups is 4. The predicted molar refractivity (Wildman–Crippen MR) is 297 cm³/mol. The molecule has 3 aliphatic rings. The van der Waals surface area contributed by atoms with E-state index in [-0.39, 0.29) is 48.0 Å². The van der Waals surface area contributed by atoms with Crippen molar-refractivity contribution in [3.63, 3.8) is 0 Å². The van der Waals surface area contributed by atoms with E-state index in [1.807, 2.05) is 94.0 Å². The lowest BCUT2D eigenvalue weighted by atomic mass is 9.99. The maximum absolute atomic E-state index is 13.0. The number of aryl methyl sites for hydroxylation is 3.